The lowest BCUT2D eigenvalue weighted by Gasteiger charge is -2.38. The fourth-order valence-electron chi connectivity index (χ4n) is 5.55. The van der Waals surface area contributed by atoms with E-state index in [0.717, 1.165) is 47.9 Å². The number of aliphatic hydroxyl groups is 1. The molecular weight excluding hydrogens is 545 g/mol. The third kappa shape index (κ3) is 8.89. The minimum Gasteiger partial charge on any atom is -0.494 e. The number of carbonyl (C=O) groups is 1. The molecule has 0 aromatic carbocycles. The number of ether oxygens (including phenoxy) is 2. The molecule has 0 radical (unpaired) electrons. The van der Waals surface area contributed by atoms with Crippen LogP contribution >= 0.6 is 0 Å². The maximum Gasteiger partial charge on any atom is 0.331 e. The highest BCUT2D eigenvalue weighted by Crippen LogP contribution is 2.35. The standard InChI is InChI=1S/C28H58N2O6Si3/c1-11-38(12-2,13-3)34-21-25-24(36-39(14-4,15-5)16-6)19-26(35-25)29-20-23(7)27(31)30(28(29)32)22-33-17-18-37(8,9)10/h24-26,31H,11-22H2,1-10H3/t24-,25+,26+/m0/s1. The first kappa shape index (κ1) is 34.5. The van der Waals surface area contributed by atoms with Crippen molar-refractivity contribution in [3.05, 3.63) is 11.5 Å². The highest BCUT2D eigenvalue weighted by atomic mass is 28.4. The van der Waals surface area contributed by atoms with Crippen molar-refractivity contribution in [3.63, 3.8) is 0 Å². The molecule has 0 unspecified atom stereocenters. The minimum absolute atomic E-state index is 0.00562. The fourth-order valence-corrected chi connectivity index (χ4v) is 11.8. The minimum atomic E-state index is -1.90. The molecule has 2 amide bonds. The SMILES string of the molecule is CC[Si](CC)(CC)OC[C@H]1O[C@@H](N2CC(C)=C(O)N(COCC[Si](C)(C)C)C2=O)C[C@@H]1O[Si](CC)(CC)CC. The van der Waals surface area contributed by atoms with Crippen molar-refractivity contribution in [1.82, 2.24) is 9.80 Å². The summed E-state index contributed by atoms with van der Waals surface area (Å²) in [6, 6.07) is 7.17. The molecule has 11 heteroatoms. The molecule has 2 aliphatic rings. The molecule has 2 heterocycles. The van der Waals surface area contributed by atoms with Gasteiger partial charge in [-0.1, -0.05) is 61.2 Å². The van der Waals surface area contributed by atoms with Crippen LogP contribution in [0.15, 0.2) is 11.5 Å². The molecular formula is C28H58N2O6Si3. The zero-order valence-corrected chi connectivity index (χ0v) is 29.6. The summed E-state index contributed by atoms with van der Waals surface area (Å²) in [6.45, 7) is 23.6. The van der Waals surface area contributed by atoms with Crippen LogP contribution in [0, 0.1) is 0 Å². The number of rotatable bonds is 17. The molecule has 228 valence electrons. The van der Waals surface area contributed by atoms with Gasteiger partial charge in [0.1, 0.15) is 19.1 Å². The van der Waals surface area contributed by atoms with E-state index in [1.54, 1.807) is 4.90 Å². The normalized spacial score (nSPS) is 23.3. The molecule has 1 saturated heterocycles. The van der Waals surface area contributed by atoms with Gasteiger partial charge in [-0.3, -0.25) is 4.90 Å². The monoisotopic (exact) mass is 602 g/mol. The molecule has 0 aliphatic carbocycles. The lowest BCUT2D eigenvalue weighted by molar-refractivity contribution is -0.0699. The van der Waals surface area contributed by atoms with E-state index in [-0.39, 0.29) is 30.9 Å². The molecule has 1 fully saturated rings. The molecule has 0 saturated carbocycles. The van der Waals surface area contributed by atoms with E-state index in [0.29, 0.717) is 26.2 Å². The molecule has 2 rings (SSSR count). The van der Waals surface area contributed by atoms with Crippen molar-refractivity contribution >= 4 is 30.7 Å². The van der Waals surface area contributed by atoms with E-state index < -0.39 is 30.9 Å². The number of hydrogen-bond acceptors (Lipinski definition) is 6. The maximum atomic E-state index is 13.6. The summed E-state index contributed by atoms with van der Waals surface area (Å²) in [4.78, 5) is 16.7. The summed E-state index contributed by atoms with van der Waals surface area (Å²) in [7, 11) is -4.96. The Hall–Kier alpha value is -0.699. The van der Waals surface area contributed by atoms with Crippen LogP contribution in [0.4, 0.5) is 4.79 Å². The fraction of sp³-hybridized carbons (Fsp3) is 0.893. The van der Waals surface area contributed by atoms with E-state index in [2.05, 4.69) is 61.2 Å². The highest BCUT2D eigenvalue weighted by molar-refractivity contribution is 6.76. The van der Waals surface area contributed by atoms with Crippen LogP contribution in [0.2, 0.25) is 61.9 Å². The Morgan fingerprint density at radius 2 is 1.51 bits per heavy atom. The summed E-state index contributed by atoms with van der Waals surface area (Å²) in [5.41, 5.74) is 0.734. The zero-order chi connectivity index (χ0) is 29.4. The van der Waals surface area contributed by atoms with Gasteiger partial charge in [-0.2, -0.15) is 0 Å². The summed E-state index contributed by atoms with van der Waals surface area (Å²) in [6.07, 6.45) is -0.127. The van der Waals surface area contributed by atoms with Gasteiger partial charge in [-0.15, -0.1) is 0 Å². The highest BCUT2D eigenvalue weighted by Gasteiger charge is 2.47. The van der Waals surface area contributed by atoms with Gasteiger partial charge in [0, 0.05) is 26.7 Å². The van der Waals surface area contributed by atoms with Crippen LogP contribution in [-0.4, -0.2) is 90.6 Å². The third-order valence-corrected chi connectivity index (χ3v) is 20.1. The van der Waals surface area contributed by atoms with Gasteiger partial charge < -0.3 is 23.4 Å². The van der Waals surface area contributed by atoms with Crippen molar-refractivity contribution in [2.24, 2.45) is 0 Å². The Morgan fingerprint density at radius 1 is 0.949 bits per heavy atom. The molecule has 39 heavy (non-hydrogen) atoms. The first-order valence-corrected chi connectivity index (χ1v) is 24.1. The molecule has 1 N–H and O–H groups in total. The average molecular weight is 603 g/mol. The van der Waals surface area contributed by atoms with Gasteiger partial charge in [0.25, 0.3) is 0 Å². The van der Waals surface area contributed by atoms with Crippen molar-refractivity contribution in [2.45, 2.75) is 135 Å². The number of hydrogen-bond donors (Lipinski definition) is 1. The Kier molecular flexibility index (Phi) is 13.2. The largest absolute Gasteiger partial charge is 0.494 e. The topological polar surface area (TPSA) is 80.7 Å². The van der Waals surface area contributed by atoms with E-state index >= 15 is 0 Å². The van der Waals surface area contributed by atoms with Crippen LogP contribution in [-0.2, 0) is 18.3 Å². The summed E-state index contributed by atoms with van der Waals surface area (Å²) < 4.78 is 26.2. The third-order valence-electron chi connectivity index (χ3n) is 9.09. The summed E-state index contributed by atoms with van der Waals surface area (Å²) in [5, 5.41) is 10.7. The second-order valence-corrected chi connectivity index (χ2v) is 27.7. The van der Waals surface area contributed by atoms with Crippen molar-refractivity contribution in [3.8, 4) is 0 Å². The lowest BCUT2D eigenvalue weighted by atomic mass is 10.1. The van der Waals surface area contributed by atoms with E-state index in [9.17, 15) is 9.90 Å². The maximum absolute atomic E-state index is 13.6. The van der Waals surface area contributed by atoms with Gasteiger partial charge in [-0.25, -0.2) is 9.69 Å². The summed E-state index contributed by atoms with van der Waals surface area (Å²) >= 11 is 0. The van der Waals surface area contributed by atoms with Crippen LogP contribution in [0.1, 0.15) is 54.9 Å². The second-order valence-electron chi connectivity index (χ2n) is 12.6. The Morgan fingerprint density at radius 3 is 2.03 bits per heavy atom. The second kappa shape index (κ2) is 15.0. The average Bonchev–Trinajstić information content (AvgIpc) is 3.31. The molecule has 8 nitrogen and oxygen atoms in total. The molecule has 3 atom stereocenters. The van der Waals surface area contributed by atoms with Crippen molar-refractivity contribution in [2.75, 3.05) is 26.5 Å². The molecule has 2 aliphatic heterocycles. The molecule has 0 spiro atoms. The van der Waals surface area contributed by atoms with E-state index in [4.69, 9.17) is 18.3 Å². The first-order valence-electron chi connectivity index (χ1n) is 15.3. The number of aliphatic hydroxyl groups excluding tert-OH is 1. The number of amides is 2. The van der Waals surface area contributed by atoms with Gasteiger partial charge in [0.05, 0.1) is 19.3 Å². The van der Waals surface area contributed by atoms with Crippen LogP contribution in [0.25, 0.3) is 0 Å². The van der Waals surface area contributed by atoms with Crippen LogP contribution in [0.5, 0.6) is 0 Å². The van der Waals surface area contributed by atoms with Gasteiger partial charge >= 0.3 is 6.03 Å². The van der Waals surface area contributed by atoms with Crippen molar-refractivity contribution in [1.29, 1.82) is 0 Å². The molecule has 0 aromatic heterocycles. The first-order chi connectivity index (χ1) is 18.3. The summed E-state index contributed by atoms with van der Waals surface area (Å²) in [5.74, 6) is -0.00562. The Bertz CT molecular complexity index is 797. The van der Waals surface area contributed by atoms with Gasteiger partial charge in [0.2, 0.25) is 0 Å². The predicted octanol–water partition coefficient (Wildman–Crippen LogP) is 7.35. The molecule has 0 aromatic rings. The van der Waals surface area contributed by atoms with Crippen LogP contribution < -0.4 is 0 Å². The van der Waals surface area contributed by atoms with Gasteiger partial charge in [0.15, 0.2) is 22.5 Å². The van der Waals surface area contributed by atoms with Gasteiger partial charge in [-0.05, 0) is 49.2 Å². The lowest BCUT2D eigenvalue weighted by Crippen LogP contribution is -2.53. The smallest absolute Gasteiger partial charge is 0.331 e. The number of urea groups is 1. The van der Waals surface area contributed by atoms with E-state index in [1.165, 1.54) is 4.90 Å². The predicted molar refractivity (Wildman–Crippen MR) is 167 cm³/mol. The van der Waals surface area contributed by atoms with Crippen LogP contribution in [0.3, 0.4) is 0 Å². The Labute approximate surface area is 241 Å². The van der Waals surface area contributed by atoms with Crippen molar-refractivity contribution < 1.29 is 28.2 Å². The number of nitrogens with zero attached hydrogens (tertiary/aromatic N) is 2. The molecule has 0 bridgehead atoms. The quantitative estimate of drug-likeness (QED) is 0.138. The van der Waals surface area contributed by atoms with E-state index in [1.807, 2.05) is 6.92 Å². The Balaban J connectivity index is 2.23. The number of carbonyl (C=O) groups excluding carboxylic acids is 1. The zero-order valence-electron chi connectivity index (χ0n) is 26.6.